The number of carbonyl (C=O) groups excluding carboxylic acids is 1. The molecule has 1 unspecified atom stereocenters. The van der Waals surface area contributed by atoms with E-state index in [4.69, 9.17) is 27.9 Å². The van der Waals surface area contributed by atoms with Gasteiger partial charge in [0, 0.05) is 40.8 Å². The van der Waals surface area contributed by atoms with Gasteiger partial charge in [0.25, 0.3) is 5.69 Å². The fraction of sp³-hybridized carbons (Fsp3) is 0.350. The Hall–Kier alpha value is -2.35. The third-order valence-electron chi connectivity index (χ3n) is 4.97. The van der Waals surface area contributed by atoms with Gasteiger partial charge >= 0.3 is 0 Å². The molecule has 0 aliphatic carbocycles. The molecule has 0 bridgehead atoms. The number of hydrogen-bond acceptors (Lipinski definition) is 5. The Labute approximate surface area is 178 Å². The molecule has 0 saturated carbocycles. The number of nitro benzene ring substituents is 1. The molecule has 1 aliphatic heterocycles. The van der Waals surface area contributed by atoms with Gasteiger partial charge in [-0.25, -0.2) is 0 Å². The van der Waals surface area contributed by atoms with Crippen molar-refractivity contribution < 1.29 is 14.5 Å². The van der Waals surface area contributed by atoms with E-state index in [2.05, 4.69) is 10.2 Å². The maximum atomic E-state index is 12.8. The second kappa shape index (κ2) is 9.43. The number of methoxy groups -OCH3 is 1. The minimum atomic E-state index is -0.509. The van der Waals surface area contributed by atoms with Crippen LogP contribution < -0.4 is 10.1 Å². The standard InChI is InChI=1S/C20H21Cl2N3O4/c1-29-19-8-7-14(25(27)28)10-18(19)23-20(26)13-4-3-9-24(11-13)12-15-16(21)5-2-6-17(15)22/h2,5-8,10,13H,3-4,9,11-12H2,1H3,(H,23,26). The molecule has 29 heavy (non-hydrogen) atoms. The first-order valence-corrected chi connectivity index (χ1v) is 9.93. The highest BCUT2D eigenvalue weighted by Gasteiger charge is 2.27. The molecule has 3 rings (SSSR count). The Morgan fingerprint density at radius 1 is 1.31 bits per heavy atom. The monoisotopic (exact) mass is 437 g/mol. The van der Waals surface area contributed by atoms with Gasteiger partial charge in [0.2, 0.25) is 5.91 Å². The van der Waals surface area contributed by atoms with Gasteiger partial charge in [-0.15, -0.1) is 0 Å². The van der Waals surface area contributed by atoms with Crippen LogP contribution in [0, 0.1) is 16.0 Å². The first-order valence-electron chi connectivity index (χ1n) is 9.17. The topological polar surface area (TPSA) is 84.7 Å². The predicted octanol–water partition coefficient (Wildman–Crippen LogP) is 4.76. The van der Waals surface area contributed by atoms with Crippen LogP contribution in [0.25, 0.3) is 0 Å². The highest BCUT2D eigenvalue weighted by atomic mass is 35.5. The number of nitrogens with zero attached hydrogens (tertiary/aromatic N) is 2. The van der Waals surface area contributed by atoms with E-state index in [1.165, 1.54) is 25.3 Å². The molecule has 1 amide bonds. The molecule has 1 heterocycles. The third kappa shape index (κ3) is 5.18. The van der Waals surface area contributed by atoms with Gasteiger partial charge in [0.15, 0.2) is 0 Å². The molecule has 1 fully saturated rings. The number of hydrogen-bond donors (Lipinski definition) is 1. The first kappa shape index (κ1) is 21.4. The van der Waals surface area contributed by atoms with E-state index in [-0.39, 0.29) is 23.2 Å². The van der Waals surface area contributed by atoms with Crippen LogP contribution in [0.15, 0.2) is 36.4 Å². The minimum absolute atomic E-state index is 0.111. The maximum absolute atomic E-state index is 12.8. The number of rotatable bonds is 6. The highest BCUT2D eigenvalue weighted by molar-refractivity contribution is 6.35. The number of carbonyl (C=O) groups is 1. The zero-order valence-corrected chi connectivity index (χ0v) is 17.4. The van der Waals surface area contributed by atoms with Crippen molar-refractivity contribution in [2.75, 3.05) is 25.5 Å². The van der Waals surface area contributed by atoms with E-state index >= 15 is 0 Å². The van der Waals surface area contributed by atoms with Gasteiger partial charge in [-0.2, -0.15) is 0 Å². The smallest absolute Gasteiger partial charge is 0.271 e. The van der Waals surface area contributed by atoms with Crippen LogP contribution in [0.2, 0.25) is 10.0 Å². The number of nitrogens with one attached hydrogen (secondary N) is 1. The molecule has 0 radical (unpaired) electrons. The Kier molecular flexibility index (Phi) is 6.95. The molecular weight excluding hydrogens is 417 g/mol. The second-order valence-electron chi connectivity index (χ2n) is 6.91. The van der Waals surface area contributed by atoms with Crippen molar-refractivity contribution in [1.29, 1.82) is 0 Å². The summed E-state index contributed by atoms with van der Waals surface area (Å²) in [4.78, 5) is 25.5. The van der Waals surface area contributed by atoms with Gasteiger partial charge in [-0.3, -0.25) is 19.8 Å². The molecule has 2 aromatic carbocycles. The fourth-order valence-corrected chi connectivity index (χ4v) is 3.98. The van der Waals surface area contributed by atoms with Gasteiger partial charge in [0.05, 0.1) is 23.6 Å². The SMILES string of the molecule is COc1ccc([N+](=O)[O-])cc1NC(=O)C1CCCN(Cc2c(Cl)cccc2Cl)C1. The summed E-state index contributed by atoms with van der Waals surface area (Å²) in [5.41, 5.74) is 1.02. The Morgan fingerprint density at radius 2 is 2.03 bits per heavy atom. The maximum Gasteiger partial charge on any atom is 0.271 e. The van der Waals surface area contributed by atoms with Crippen LogP contribution >= 0.6 is 23.2 Å². The first-order chi connectivity index (χ1) is 13.9. The van der Waals surface area contributed by atoms with E-state index in [1.807, 2.05) is 0 Å². The Morgan fingerprint density at radius 3 is 2.69 bits per heavy atom. The van der Waals surface area contributed by atoms with E-state index in [0.717, 1.165) is 24.9 Å². The van der Waals surface area contributed by atoms with Crippen LogP contribution in [0.5, 0.6) is 5.75 Å². The summed E-state index contributed by atoms with van der Waals surface area (Å²) in [6.45, 7) is 1.94. The lowest BCUT2D eigenvalue weighted by molar-refractivity contribution is -0.384. The zero-order chi connectivity index (χ0) is 21.0. The van der Waals surface area contributed by atoms with Crippen LogP contribution in [0.4, 0.5) is 11.4 Å². The number of benzene rings is 2. The van der Waals surface area contributed by atoms with Gasteiger partial charge in [-0.1, -0.05) is 29.3 Å². The second-order valence-corrected chi connectivity index (χ2v) is 7.72. The minimum Gasteiger partial charge on any atom is -0.495 e. The number of nitro groups is 1. The largest absolute Gasteiger partial charge is 0.495 e. The number of non-ortho nitro benzene ring substituents is 1. The van der Waals surface area contributed by atoms with Gasteiger partial charge in [-0.05, 0) is 37.6 Å². The number of piperidine rings is 1. The quantitative estimate of drug-likeness (QED) is 0.519. The van der Waals surface area contributed by atoms with Crippen molar-refractivity contribution in [3.8, 4) is 5.75 Å². The lowest BCUT2D eigenvalue weighted by atomic mass is 9.96. The van der Waals surface area contributed by atoms with E-state index in [9.17, 15) is 14.9 Å². The van der Waals surface area contributed by atoms with Gasteiger partial charge < -0.3 is 10.1 Å². The Bertz CT molecular complexity index is 902. The normalized spacial score (nSPS) is 17.0. The van der Waals surface area contributed by atoms with Crippen LogP contribution in [-0.2, 0) is 11.3 Å². The average molecular weight is 438 g/mol. The predicted molar refractivity (Wildman–Crippen MR) is 113 cm³/mol. The van der Waals surface area contributed by atoms with Crippen LogP contribution in [-0.4, -0.2) is 35.9 Å². The molecule has 154 valence electrons. The lowest BCUT2D eigenvalue weighted by Crippen LogP contribution is -2.40. The van der Waals surface area contributed by atoms with Gasteiger partial charge in [0.1, 0.15) is 5.75 Å². The molecular formula is C20H21Cl2N3O4. The summed E-state index contributed by atoms with van der Waals surface area (Å²) in [6, 6.07) is 9.51. The molecule has 7 nitrogen and oxygen atoms in total. The van der Waals surface area contributed by atoms with E-state index in [0.29, 0.717) is 28.9 Å². The molecule has 1 saturated heterocycles. The molecule has 0 spiro atoms. The molecule has 2 aromatic rings. The van der Waals surface area contributed by atoms with Crippen molar-refractivity contribution in [2.24, 2.45) is 5.92 Å². The number of amides is 1. The van der Waals surface area contributed by atoms with E-state index in [1.54, 1.807) is 18.2 Å². The number of likely N-dealkylation sites (tertiary alicyclic amines) is 1. The third-order valence-corrected chi connectivity index (χ3v) is 5.68. The molecule has 1 atom stereocenters. The van der Waals surface area contributed by atoms with Crippen LogP contribution in [0.1, 0.15) is 18.4 Å². The molecule has 1 aliphatic rings. The zero-order valence-electron chi connectivity index (χ0n) is 15.9. The summed E-state index contributed by atoms with van der Waals surface area (Å²) in [7, 11) is 1.45. The fourth-order valence-electron chi connectivity index (χ4n) is 3.46. The van der Waals surface area contributed by atoms with Crippen LogP contribution in [0.3, 0.4) is 0 Å². The average Bonchev–Trinajstić information content (AvgIpc) is 2.71. The molecule has 1 N–H and O–H groups in total. The summed E-state index contributed by atoms with van der Waals surface area (Å²) < 4.78 is 5.22. The van der Waals surface area contributed by atoms with Crippen molar-refractivity contribution in [2.45, 2.75) is 19.4 Å². The number of ether oxygens (including phenoxy) is 1. The summed E-state index contributed by atoms with van der Waals surface area (Å²) >= 11 is 12.5. The highest BCUT2D eigenvalue weighted by Crippen LogP contribution is 2.31. The summed E-state index contributed by atoms with van der Waals surface area (Å²) in [6.07, 6.45) is 1.59. The molecule has 9 heteroatoms. The lowest BCUT2D eigenvalue weighted by Gasteiger charge is -2.32. The van der Waals surface area contributed by atoms with Crippen molar-refractivity contribution in [1.82, 2.24) is 4.90 Å². The summed E-state index contributed by atoms with van der Waals surface area (Å²) in [5, 5.41) is 15.0. The number of anilines is 1. The van der Waals surface area contributed by atoms with Crippen molar-refractivity contribution >= 4 is 40.5 Å². The molecule has 0 aromatic heterocycles. The summed E-state index contributed by atoms with van der Waals surface area (Å²) in [5.74, 6) is -0.0767. The van der Waals surface area contributed by atoms with Crippen molar-refractivity contribution in [3.63, 3.8) is 0 Å². The Balaban J connectivity index is 1.70. The van der Waals surface area contributed by atoms with Crippen molar-refractivity contribution in [3.05, 3.63) is 62.1 Å². The van der Waals surface area contributed by atoms with E-state index < -0.39 is 4.92 Å². The number of halogens is 2.